The van der Waals surface area contributed by atoms with E-state index >= 15 is 0 Å². The highest BCUT2D eigenvalue weighted by molar-refractivity contribution is 5.73. The molecule has 0 aliphatic carbocycles. The number of alkyl halides is 2. The summed E-state index contributed by atoms with van der Waals surface area (Å²) in [6, 6.07) is 7.04. The Morgan fingerprint density at radius 3 is 2.73 bits per heavy atom. The zero-order chi connectivity index (χ0) is 18.3. The molecule has 0 saturated carbocycles. The summed E-state index contributed by atoms with van der Waals surface area (Å²) in [5.41, 5.74) is 8.87. The van der Waals surface area contributed by atoms with Crippen LogP contribution in [0.5, 0.6) is 5.75 Å². The van der Waals surface area contributed by atoms with Crippen LogP contribution in [0.1, 0.15) is 6.55 Å². The van der Waals surface area contributed by atoms with Crippen LogP contribution in [0.25, 0.3) is 28.2 Å². The zero-order valence-corrected chi connectivity index (χ0v) is 13.7. The first-order valence-corrected chi connectivity index (χ1v) is 7.67. The number of nitrogens with zero attached hydrogens (tertiary/aromatic N) is 5. The van der Waals surface area contributed by atoms with Crippen LogP contribution >= 0.6 is 0 Å². The Bertz CT molecular complexity index is 1090. The Morgan fingerprint density at radius 1 is 1.19 bits per heavy atom. The lowest BCUT2D eigenvalue weighted by Gasteiger charge is -2.09. The molecule has 0 spiro atoms. The number of nitrogens with two attached hydrogens (primary N) is 1. The van der Waals surface area contributed by atoms with E-state index in [-0.39, 0.29) is 0 Å². The third kappa shape index (κ3) is 2.63. The van der Waals surface area contributed by atoms with Gasteiger partial charge >= 0.3 is 6.55 Å². The summed E-state index contributed by atoms with van der Waals surface area (Å²) in [5, 5.41) is 3.68. The molecule has 0 unspecified atom stereocenters. The third-order valence-electron chi connectivity index (χ3n) is 3.97. The van der Waals surface area contributed by atoms with E-state index in [1.165, 1.54) is 19.5 Å². The van der Waals surface area contributed by atoms with E-state index in [0.717, 1.165) is 5.69 Å². The highest BCUT2D eigenvalue weighted by Crippen LogP contribution is 2.33. The van der Waals surface area contributed by atoms with Crippen molar-refractivity contribution < 1.29 is 13.5 Å². The summed E-state index contributed by atoms with van der Waals surface area (Å²) in [5.74, 6) is 0.897. The van der Waals surface area contributed by atoms with E-state index in [4.69, 9.17) is 10.5 Å². The van der Waals surface area contributed by atoms with Crippen molar-refractivity contribution in [2.75, 3.05) is 12.8 Å². The van der Waals surface area contributed by atoms with Crippen LogP contribution in [0, 0.1) is 0 Å². The highest BCUT2D eigenvalue weighted by Gasteiger charge is 2.16. The van der Waals surface area contributed by atoms with E-state index in [1.54, 1.807) is 35.0 Å². The fourth-order valence-electron chi connectivity index (χ4n) is 2.76. The van der Waals surface area contributed by atoms with Crippen molar-refractivity contribution >= 4 is 11.5 Å². The molecule has 4 aromatic heterocycles. The van der Waals surface area contributed by atoms with Crippen LogP contribution in [-0.4, -0.2) is 31.3 Å². The van der Waals surface area contributed by atoms with Crippen LogP contribution < -0.4 is 10.5 Å². The normalized spacial score (nSPS) is 11.4. The number of methoxy groups -OCH3 is 1. The smallest absolute Gasteiger partial charge is 0.333 e. The van der Waals surface area contributed by atoms with Crippen molar-refractivity contribution in [3.8, 4) is 28.3 Å². The lowest BCUT2D eigenvalue weighted by molar-refractivity contribution is 0.0566. The number of imidazole rings is 1. The highest BCUT2D eigenvalue weighted by atomic mass is 19.3. The summed E-state index contributed by atoms with van der Waals surface area (Å²) in [7, 11) is 1.51. The van der Waals surface area contributed by atoms with Crippen LogP contribution in [0.2, 0.25) is 0 Å². The molecule has 0 aliphatic heterocycles. The Hall–Kier alpha value is -3.49. The Kier molecular flexibility index (Phi) is 3.76. The number of fused-ring (bicyclic) bond motifs is 1. The second kappa shape index (κ2) is 6.10. The molecule has 2 N–H and O–H groups in total. The minimum atomic E-state index is -2.71. The van der Waals surface area contributed by atoms with Gasteiger partial charge in [0.05, 0.1) is 30.9 Å². The van der Waals surface area contributed by atoms with Gasteiger partial charge in [-0.1, -0.05) is 6.07 Å². The summed E-state index contributed by atoms with van der Waals surface area (Å²) >= 11 is 0. The molecule has 0 bridgehead atoms. The lowest BCUT2D eigenvalue weighted by Crippen LogP contribution is -1.97. The van der Waals surface area contributed by atoms with Crippen molar-refractivity contribution in [3.63, 3.8) is 0 Å². The molecule has 0 saturated heterocycles. The van der Waals surface area contributed by atoms with Gasteiger partial charge in [0, 0.05) is 29.6 Å². The van der Waals surface area contributed by atoms with Crippen molar-refractivity contribution in [2.45, 2.75) is 6.55 Å². The molecule has 0 amide bonds. The van der Waals surface area contributed by atoms with Gasteiger partial charge in [-0.05, 0) is 12.1 Å². The second-order valence-electron chi connectivity index (χ2n) is 5.56. The minimum Gasteiger partial charge on any atom is -0.496 e. The number of hydrogen-bond donors (Lipinski definition) is 1. The summed E-state index contributed by atoms with van der Waals surface area (Å²) in [4.78, 5) is 8.67. The largest absolute Gasteiger partial charge is 0.496 e. The Labute approximate surface area is 146 Å². The van der Waals surface area contributed by atoms with Crippen LogP contribution in [0.15, 0.2) is 49.1 Å². The molecule has 0 atom stereocenters. The molecule has 7 nitrogen and oxygen atoms in total. The van der Waals surface area contributed by atoms with Crippen LogP contribution in [0.3, 0.4) is 0 Å². The molecule has 0 radical (unpaired) electrons. The fraction of sp³-hybridized carbons (Fsp3) is 0.118. The van der Waals surface area contributed by atoms with E-state index in [1.807, 2.05) is 6.07 Å². The molecule has 0 fully saturated rings. The van der Waals surface area contributed by atoms with E-state index in [9.17, 15) is 8.78 Å². The first kappa shape index (κ1) is 16.0. The standard InChI is InChI=1S/C17H14F2N6O/c1-26-14-5-16-21-7-13(12-3-2-4-15(20)23-12)24(16)9-11(14)10-6-22-25(8-10)17(18)19/h2-9,17H,1H3,(H2,20,23). The molecule has 4 heterocycles. The first-order chi connectivity index (χ1) is 12.6. The third-order valence-corrected chi connectivity index (χ3v) is 3.97. The number of nitrogen functional groups attached to an aromatic ring is 1. The van der Waals surface area contributed by atoms with Crippen LogP contribution in [-0.2, 0) is 0 Å². The number of rotatable bonds is 4. The SMILES string of the molecule is COc1cc2ncc(-c3cccc(N)n3)n2cc1-c1cnn(C(F)F)c1. The van der Waals surface area contributed by atoms with E-state index in [0.29, 0.717) is 38.7 Å². The number of halogens is 2. The number of aromatic nitrogens is 5. The molecule has 26 heavy (non-hydrogen) atoms. The predicted octanol–water partition coefficient (Wildman–Crippen LogP) is 3.25. The maximum Gasteiger partial charge on any atom is 0.333 e. The van der Waals surface area contributed by atoms with Crippen molar-refractivity contribution in [1.82, 2.24) is 24.1 Å². The van der Waals surface area contributed by atoms with Crippen molar-refractivity contribution in [3.05, 3.63) is 49.1 Å². The molecular weight excluding hydrogens is 342 g/mol. The zero-order valence-electron chi connectivity index (χ0n) is 13.7. The number of ether oxygens (including phenoxy) is 1. The minimum absolute atomic E-state index is 0.393. The van der Waals surface area contributed by atoms with Gasteiger partial charge in [0.25, 0.3) is 0 Å². The second-order valence-corrected chi connectivity index (χ2v) is 5.56. The number of anilines is 1. The van der Waals surface area contributed by atoms with Gasteiger partial charge in [-0.2, -0.15) is 13.9 Å². The fourth-order valence-corrected chi connectivity index (χ4v) is 2.76. The average Bonchev–Trinajstić information content (AvgIpc) is 3.27. The first-order valence-electron chi connectivity index (χ1n) is 7.67. The molecule has 4 aromatic rings. The molecule has 0 aromatic carbocycles. The molecular formula is C17H14F2N6O. The lowest BCUT2D eigenvalue weighted by atomic mass is 10.1. The predicted molar refractivity (Wildman–Crippen MR) is 91.9 cm³/mol. The van der Waals surface area contributed by atoms with Gasteiger partial charge in [-0.25, -0.2) is 14.6 Å². The summed E-state index contributed by atoms with van der Waals surface area (Å²) < 4.78 is 33.5. The Balaban J connectivity index is 1.91. The summed E-state index contributed by atoms with van der Waals surface area (Å²) in [6.07, 6.45) is 6.06. The van der Waals surface area contributed by atoms with Crippen LogP contribution in [0.4, 0.5) is 14.6 Å². The molecule has 0 aliphatic rings. The van der Waals surface area contributed by atoms with Gasteiger partial charge in [0.1, 0.15) is 17.2 Å². The van der Waals surface area contributed by atoms with Gasteiger partial charge < -0.3 is 10.5 Å². The molecule has 132 valence electrons. The quantitative estimate of drug-likeness (QED) is 0.607. The maximum atomic E-state index is 12.8. The topological polar surface area (TPSA) is 83.3 Å². The van der Waals surface area contributed by atoms with Crippen molar-refractivity contribution in [2.24, 2.45) is 0 Å². The average molecular weight is 356 g/mol. The summed E-state index contributed by atoms with van der Waals surface area (Å²) in [6.45, 7) is -2.71. The van der Waals surface area contributed by atoms with Gasteiger partial charge in [0.15, 0.2) is 0 Å². The van der Waals surface area contributed by atoms with Crippen molar-refractivity contribution in [1.29, 1.82) is 0 Å². The van der Waals surface area contributed by atoms with Gasteiger partial charge in [-0.3, -0.25) is 4.40 Å². The Morgan fingerprint density at radius 2 is 2.04 bits per heavy atom. The number of pyridine rings is 2. The monoisotopic (exact) mass is 356 g/mol. The molecule has 9 heteroatoms. The van der Waals surface area contributed by atoms with Gasteiger partial charge in [-0.15, -0.1) is 0 Å². The van der Waals surface area contributed by atoms with E-state index < -0.39 is 6.55 Å². The number of hydrogen-bond acceptors (Lipinski definition) is 5. The molecule has 4 rings (SSSR count). The van der Waals surface area contributed by atoms with Gasteiger partial charge in [0.2, 0.25) is 0 Å². The maximum absolute atomic E-state index is 12.8. The van der Waals surface area contributed by atoms with E-state index in [2.05, 4.69) is 15.1 Å².